The molecule has 3 heterocycles. The highest BCUT2D eigenvalue weighted by Gasteiger charge is 2.24. The fraction of sp³-hybridized carbons (Fsp3) is 0.360. The highest BCUT2D eigenvalue weighted by atomic mass is 16.5. The Morgan fingerprint density at radius 2 is 2.03 bits per heavy atom. The Bertz CT molecular complexity index is 1130. The van der Waals surface area contributed by atoms with Gasteiger partial charge in [-0.25, -0.2) is 15.0 Å². The van der Waals surface area contributed by atoms with Crippen molar-refractivity contribution in [3.63, 3.8) is 0 Å². The number of benzene rings is 1. The molecule has 4 rings (SSSR count). The number of hydrogen-bond acceptors (Lipinski definition) is 8. The second kappa shape index (κ2) is 10.7. The number of rotatable bonds is 7. The van der Waals surface area contributed by atoms with Crippen LogP contribution in [0.25, 0.3) is 0 Å². The molecule has 0 amide bonds. The SMILES string of the molecule is C.COC[C@@H](Nc1ncnc2c1CN(c1ccc(C)cc1C#N)CC2)c1ccc(OC)nc1. The first-order valence-electron chi connectivity index (χ1n) is 10.5. The molecule has 0 spiro atoms. The Kier molecular flexibility index (Phi) is 7.80. The second-order valence-corrected chi connectivity index (χ2v) is 7.74. The maximum absolute atomic E-state index is 9.62. The van der Waals surface area contributed by atoms with Gasteiger partial charge in [-0.2, -0.15) is 5.26 Å². The molecule has 8 nitrogen and oxygen atoms in total. The summed E-state index contributed by atoms with van der Waals surface area (Å²) in [6.07, 6.45) is 4.16. The summed E-state index contributed by atoms with van der Waals surface area (Å²) in [4.78, 5) is 15.6. The lowest BCUT2D eigenvalue weighted by Crippen LogP contribution is -2.33. The molecule has 0 bridgehead atoms. The topological polar surface area (TPSA) is 96.2 Å². The smallest absolute Gasteiger partial charge is 0.212 e. The fourth-order valence-corrected chi connectivity index (χ4v) is 3.96. The highest BCUT2D eigenvalue weighted by molar-refractivity contribution is 5.63. The number of pyridine rings is 1. The van der Waals surface area contributed by atoms with Crippen molar-refractivity contribution in [3.05, 3.63) is 70.8 Å². The maximum atomic E-state index is 9.62. The first kappa shape index (κ1) is 24.0. The van der Waals surface area contributed by atoms with Crippen LogP contribution in [0.4, 0.5) is 11.5 Å². The van der Waals surface area contributed by atoms with Crippen molar-refractivity contribution in [1.29, 1.82) is 5.26 Å². The highest BCUT2D eigenvalue weighted by Crippen LogP contribution is 2.31. The Hall–Kier alpha value is -3.70. The van der Waals surface area contributed by atoms with Gasteiger partial charge in [0.25, 0.3) is 0 Å². The van der Waals surface area contributed by atoms with Gasteiger partial charge in [0, 0.05) is 44.4 Å². The first-order chi connectivity index (χ1) is 15.6. The minimum atomic E-state index is -0.137. The van der Waals surface area contributed by atoms with Crippen LogP contribution < -0.4 is 15.0 Å². The summed E-state index contributed by atoms with van der Waals surface area (Å²) < 4.78 is 10.6. The van der Waals surface area contributed by atoms with E-state index < -0.39 is 0 Å². The van der Waals surface area contributed by atoms with Crippen molar-refractivity contribution >= 4 is 11.5 Å². The average Bonchev–Trinajstić information content (AvgIpc) is 2.83. The predicted octanol–water partition coefficient (Wildman–Crippen LogP) is 4.06. The number of aryl methyl sites for hydroxylation is 1. The van der Waals surface area contributed by atoms with E-state index in [1.54, 1.807) is 26.7 Å². The summed E-state index contributed by atoms with van der Waals surface area (Å²) in [6, 6.07) is 12.0. The van der Waals surface area contributed by atoms with Crippen LogP contribution in [0.2, 0.25) is 0 Å². The van der Waals surface area contributed by atoms with Gasteiger partial charge in [-0.1, -0.05) is 13.5 Å². The quantitative estimate of drug-likeness (QED) is 0.580. The van der Waals surface area contributed by atoms with Crippen LogP contribution in [-0.4, -0.2) is 42.3 Å². The summed E-state index contributed by atoms with van der Waals surface area (Å²) in [5.41, 5.74) is 5.72. The van der Waals surface area contributed by atoms with E-state index >= 15 is 0 Å². The molecule has 172 valence electrons. The summed E-state index contributed by atoms with van der Waals surface area (Å²) >= 11 is 0. The summed E-state index contributed by atoms with van der Waals surface area (Å²) in [7, 11) is 3.27. The molecule has 0 unspecified atom stereocenters. The van der Waals surface area contributed by atoms with Crippen LogP contribution in [0.3, 0.4) is 0 Å². The molecule has 8 heteroatoms. The number of aromatic nitrogens is 3. The van der Waals surface area contributed by atoms with Gasteiger partial charge in [-0.05, 0) is 36.2 Å². The number of anilines is 2. The van der Waals surface area contributed by atoms with Gasteiger partial charge >= 0.3 is 0 Å². The van der Waals surface area contributed by atoms with Gasteiger partial charge in [0.2, 0.25) is 5.88 Å². The number of nitrogens with one attached hydrogen (secondary N) is 1. The Morgan fingerprint density at radius 1 is 1.18 bits per heavy atom. The van der Waals surface area contributed by atoms with Crippen LogP contribution in [0.1, 0.15) is 41.4 Å². The standard InChI is InChI=1S/C24H26N6O2.CH4/c1-16-4-6-22(18(10-16)11-25)30-9-8-20-19(13-30)24(28-15-27-20)29-21(14-31-2)17-5-7-23(32-3)26-12-17;/h4-7,10,12,15,21H,8-9,13-14H2,1-3H3,(H,27,28,29);1H4/t21-;/m1./s1. The van der Waals surface area contributed by atoms with Crippen molar-refractivity contribution in [2.24, 2.45) is 0 Å². The molecule has 33 heavy (non-hydrogen) atoms. The number of nitrogens with zero attached hydrogens (tertiary/aromatic N) is 5. The van der Waals surface area contributed by atoms with E-state index in [1.807, 2.05) is 37.3 Å². The zero-order valence-electron chi connectivity index (χ0n) is 18.5. The number of hydrogen-bond donors (Lipinski definition) is 1. The van der Waals surface area contributed by atoms with Crippen LogP contribution in [-0.2, 0) is 17.7 Å². The van der Waals surface area contributed by atoms with Crippen LogP contribution in [0, 0.1) is 18.3 Å². The molecule has 0 radical (unpaired) electrons. The van der Waals surface area contributed by atoms with E-state index in [-0.39, 0.29) is 13.5 Å². The normalized spacial score (nSPS) is 13.3. The molecular formula is C25H30N6O2. The predicted molar refractivity (Wildman–Crippen MR) is 128 cm³/mol. The number of nitriles is 1. The number of fused-ring (bicyclic) bond motifs is 1. The summed E-state index contributed by atoms with van der Waals surface area (Å²) in [5, 5.41) is 13.1. The van der Waals surface area contributed by atoms with Gasteiger partial charge in [0.05, 0.1) is 36.7 Å². The molecule has 0 aliphatic carbocycles. The molecule has 1 N–H and O–H groups in total. The van der Waals surface area contributed by atoms with Crippen LogP contribution in [0.15, 0.2) is 42.9 Å². The molecular weight excluding hydrogens is 416 g/mol. The van der Waals surface area contributed by atoms with E-state index in [4.69, 9.17) is 9.47 Å². The Labute approximate surface area is 195 Å². The number of methoxy groups -OCH3 is 2. The molecule has 1 aromatic carbocycles. The van der Waals surface area contributed by atoms with E-state index in [2.05, 4.69) is 31.2 Å². The van der Waals surface area contributed by atoms with Gasteiger partial charge in [0.1, 0.15) is 18.2 Å². The minimum absolute atomic E-state index is 0. The third-order valence-electron chi connectivity index (χ3n) is 5.63. The molecule has 2 aromatic heterocycles. The van der Waals surface area contributed by atoms with Gasteiger partial charge < -0.3 is 19.7 Å². The molecule has 0 fully saturated rings. The van der Waals surface area contributed by atoms with E-state index in [9.17, 15) is 5.26 Å². The van der Waals surface area contributed by atoms with Crippen molar-refractivity contribution in [1.82, 2.24) is 15.0 Å². The number of ether oxygens (including phenoxy) is 2. The fourth-order valence-electron chi connectivity index (χ4n) is 3.96. The van der Waals surface area contributed by atoms with Crippen LogP contribution in [0.5, 0.6) is 5.88 Å². The molecule has 1 aliphatic rings. The van der Waals surface area contributed by atoms with Crippen molar-refractivity contribution < 1.29 is 9.47 Å². The zero-order valence-corrected chi connectivity index (χ0v) is 18.5. The van der Waals surface area contributed by atoms with E-state index in [0.29, 0.717) is 24.6 Å². The lowest BCUT2D eigenvalue weighted by atomic mass is 10.0. The third kappa shape index (κ3) is 5.21. The molecule has 3 aromatic rings. The van der Waals surface area contributed by atoms with Crippen molar-refractivity contribution in [2.45, 2.75) is 33.4 Å². The molecule has 0 saturated carbocycles. The van der Waals surface area contributed by atoms with Gasteiger partial charge in [-0.3, -0.25) is 0 Å². The van der Waals surface area contributed by atoms with Gasteiger partial charge in [-0.15, -0.1) is 0 Å². The maximum Gasteiger partial charge on any atom is 0.212 e. The largest absolute Gasteiger partial charge is 0.481 e. The van der Waals surface area contributed by atoms with Crippen LogP contribution >= 0.6 is 0 Å². The monoisotopic (exact) mass is 446 g/mol. The Balaban J connectivity index is 0.00000306. The second-order valence-electron chi connectivity index (χ2n) is 7.74. The lowest BCUT2D eigenvalue weighted by molar-refractivity contribution is 0.186. The third-order valence-corrected chi connectivity index (χ3v) is 5.63. The first-order valence-corrected chi connectivity index (χ1v) is 10.5. The van der Waals surface area contributed by atoms with Crippen molar-refractivity contribution in [2.75, 3.05) is 37.6 Å². The van der Waals surface area contributed by atoms with Gasteiger partial charge in [0.15, 0.2) is 0 Å². The zero-order chi connectivity index (χ0) is 22.5. The average molecular weight is 447 g/mol. The summed E-state index contributed by atoms with van der Waals surface area (Å²) in [5.74, 6) is 1.33. The lowest BCUT2D eigenvalue weighted by Gasteiger charge is -2.32. The molecule has 1 atom stereocenters. The van der Waals surface area contributed by atoms with Crippen molar-refractivity contribution in [3.8, 4) is 11.9 Å². The minimum Gasteiger partial charge on any atom is -0.481 e. The van der Waals surface area contributed by atoms with E-state index in [0.717, 1.165) is 46.9 Å². The molecule has 1 aliphatic heterocycles. The molecule has 0 saturated heterocycles. The summed E-state index contributed by atoms with van der Waals surface area (Å²) in [6.45, 7) is 3.87. The Morgan fingerprint density at radius 3 is 2.73 bits per heavy atom. The van der Waals surface area contributed by atoms with E-state index in [1.165, 1.54) is 0 Å².